The van der Waals surface area contributed by atoms with Gasteiger partial charge in [0.15, 0.2) is 6.10 Å². The van der Waals surface area contributed by atoms with E-state index in [9.17, 15) is 4.79 Å². The van der Waals surface area contributed by atoms with E-state index in [0.29, 0.717) is 6.61 Å². The minimum atomic E-state index is -0.259. The number of ether oxygens (including phenoxy) is 2. The summed E-state index contributed by atoms with van der Waals surface area (Å²) in [6.45, 7) is 4.22. The fraction of sp³-hybridized carbons (Fsp3) is 0.857. The normalized spacial score (nSPS) is 29.8. The number of hydrogen-bond acceptors (Lipinski definition) is 3. The van der Waals surface area contributed by atoms with E-state index in [-0.39, 0.29) is 18.2 Å². The lowest BCUT2D eigenvalue weighted by molar-refractivity contribution is -0.144. The van der Waals surface area contributed by atoms with Gasteiger partial charge >= 0.3 is 5.97 Å². The standard InChI is InChI=1S/C7H12O3/c1-3-5-6(10-5)7(8)9-4-2/h5-6H,3-4H2,1-2H3/t5-,6+/m1/s1. The zero-order chi connectivity index (χ0) is 7.56. The maximum atomic E-state index is 10.8. The largest absolute Gasteiger partial charge is 0.464 e. The van der Waals surface area contributed by atoms with Crippen molar-refractivity contribution in [2.75, 3.05) is 6.61 Å². The molecule has 0 aromatic heterocycles. The zero-order valence-electron chi connectivity index (χ0n) is 6.29. The molecule has 3 nitrogen and oxygen atoms in total. The molecule has 0 amide bonds. The molecule has 1 aliphatic heterocycles. The summed E-state index contributed by atoms with van der Waals surface area (Å²) >= 11 is 0. The molecule has 0 aromatic carbocycles. The Morgan fingerprint density at radius 3 is 2.70 bits per heavy atom. The van der Waals surface area contributed by atoms with Crippen LogP contribution in [0.25, 0.3) is 0 Å². The van der Waals surface area contributed by atoms with Crippen LogP contribution in [-0.4, -0.2) is 24.8 Å². The molecular weight excluding hydrogens is 132 g/mol. The molecule has 0 aromatic rings. The summed E-state index contributed by atoms with van der Waals surface area (Å²) in [7, 11) is 0. The molecule has 0 saturated carbocycles. The second-order valence-electron chi connectivity index (χ2n) is 2.26. The van der Waals surface area contributed by atoms with Gasteiger partial charge in [-0.25, -0.2) is 4.79 Å². The molecular formula is C7H12O3. The number of rotatable bonds is 3. The van der Waals surface area contributed by atoms with Crippen LogP contribution in [0.3, 0.4) is 0 Å². The van der Waals surface area contributed by atoms with Gasteiger partial charge in [0.1, 0.15) is 0 Å². The third-order valence-electron chi connectivity index (χ3n) is 1.50. The van der Waals surface area contributed by atoms with Gasteiger partial charge in [-0.1, -0.05) is 6.92 Å². The highest BCUT2D eigenvalue weighted by Crippen LogP contribution is 2.25. The minimum absolute atomic E-state index is 0.124. The van der Waals surface area contributed by atoms with Gasteiger partial charge in [0.2, 0.25) is 0 Å². The van der Waals surface area contributed by atoms with Crippen LogP contribution in [-0.2, 0) is 14.3 Å². The van der Waals surface area contributed by atoms with Gasteiger partial charge in [0.05, 0.1) is 12.7 Å². The minimum Gasteiger partial charge on any atom is -0.464 e. The highest BCUT2D eigenvalue weighted by Gasteiger charge is 2.44. The van der Waals surface area contributed by atoms with E-state index >= 15 is 0 Å². The monoisotopic (exact) mass is 144 g/mol. The van der Waals surface area contributed by atoms with E-state index < -0.39 is 0 Å². The maximum Gasteiger partial charge on any atom is 0.337 e. The van der Waals surface area contributed by atoms with Crippen molar-refractivity contribution in [2.45, 2.75) is 32.5 Å². The molecule has 0 bridgehead atoms. The first-order chi connectivity index (χ1) is 4.79. The highest BCUT2D eigenvalue weighted by atomic mass is 16.6. The van der Waals surface area contributed by atoms with E-state index in [0.717, 1.165) is 6.42 Å². The van der Waals surface area contributed by atoms with Crippen molar-refractivity contribution >= 4 is 5.97 Å². The third kappa shape index (κ3) is 1.48. The van der Waals surface area contributed by atoms with Crippen molar-refractivity contribution < 1.29 is 14.3 Å². The van der Waals surface area contributed by atoms with Crippen LogP contribution in [0, 0.1) is 0 Å². The Morgan fingerprint density at radius 1 is 1.60 bits per heavy atom. The van der Waals surface area contributed by atoms with Crippen molar-refractivity contribution in [1.29, 1.82) is 0 Å². The maximum absolute atomic E-state index is 10.8. The topological polar surface area (TPSA) is 38.8 Å². The molecule has 1 saturated heterocycles. The average Bonchev–Trinajstić information content (AvgIpc) is 2.66. The van der Waals surface area contributed by atoms with Crippen molar-refractivity contribution in [2.24, 2.45) is 0 Å². The average molecular weight is 144 g/mol. The lowest BCUT2D eigenvalue weighted by atomic mass is 10.2. The van der Waals surface area contributed by atoms with Crippen LogP contribution in [0.5, 0.6) is 0 Å². The fourth-order valence-corrected chi connectivity index (χ4v) is 0.885. The summed E-state index contributed by atoms with van der Waals surface area (Å²) < 4.78 is 9.74. The van der Waals surface area contributed by atoms with Crippen molar-refractivity contribution in [3.8, 4) is 0 Å². The van der Waals surface area contributed by atoms with Crippen LogP contribution in [0.1, 0.15) is 20.3 Å². The molecule has 0 unspecified atom stereocenters. The molecule has 1 heterocycles. The molecule has 58 valence electrons. The predicted molar refractivity (Wildman–Crippen MR) is 35.6 cm³/mol. The first kappa shape index (κ1) is 7.54. The number of epoxide rings is 1. The zero-order valence-corrected chi connectivity index (χ0v) is 6.29. The van der Waals surface area contributed by atoms with Gasteiger partial charge < -0.3 is 9.47 Å². The Labute approximate surface area is 60.3 Å². The van der Waals surface area contributed by atoms with E-state index in [2.05, 4.69) is 0 Å². The molecule has 10 heavy (non-hydrogen) atoms. The van der Waals surface area contributed by atoms with Gasteiger partial charge in [-0.05, 0) is 13.3 Å². The fourth-order valence-electron chi connectivity index (χ4n) is 0.885. The Morgan fingerprint density at radius 2 is 2.30 bits per heavy atom. The quantitative estimate of drug-likeness (QED) is 0.433. The molecule has 3 heteroatoms. The SMILES string of the molecule is CCOC(=O)[C@H]1O[C@@H]1CC. The van der Waals surface area contributed by atoms with Gasteiger partial charge in [0, 0.05) is 0 Å². The molecule has 0 spiro atoms. The van der Waals surface area contributed by atoms with Crippen LogP contribution in [0.2, 0.25) is 0 Å². The first-order valence-electron chi connectivity index (χ1n) is 3.61. The summed E-state index contributed by atoms with van der Waals surface area (Å²) in [4.78, 5) is 10.8. The van der Waals surface area contributed by atoms with E-state index in [1.54, 1.807) is 6.92 Å². The van der Waals surface area contributed by atoms with Crippen molar-refractivity contribution in [1.82, 2.24) is 0 Å². The summed E-state index contributed by atoms with van der Waals surface area (Å²) in [6, 6.07) is 0. The number of carbonyl (C=O) groups is 1. The highest BCUT2D eigenvalue weighted by molar-refractivity contribution is 5.77. The van der Waals surface area contributed by atoms with Crippen molar-refractivity contribution in [3.63, 3.8) is 0 Å². The molecule has 0 aliphatic carbocycles. The lowest BCUT2D eigenvalue weighted by Gasteiger charge is -1.94. The molecule has 1 fully saturated rings. The molecule has 1 rings (SSSR count). The first-order valence-corrected chi connectivity index (χ1v) is 3.61. The van der Waals surface area contributed by atoms with Gasteiger partial charge in [-0.15, -0.1) is 0 Å². The number of carbonyl (C=O) groups excluding carboxylic acids is 1. The molecule has 0 radical (unpaired) electrons. The third-order valence-corrected chi connectivity index (χ3v) is 1.50. The summed E-state index contributed by atoms with van der Waals surface area (Å²) in [5, 5.41) is 0. The van der Waals surface area contributed by atoms with Gasteiger partial charge in [0.25, 0.3) is 0 Å². The van der Waals surface area contributed by atoms with Crippen LogP contribution >= 0.6 is 0 Å². The summed E-state index contributed by atoms with van der Waals surface area (Å²) in [5.41, 5.74) is 0. The Kier molecular flexibility index (Phi) is 2.27. The molecule has 1 aliphatic rings. The van der Waals surface area contributed by atoms with E-state index in [1.807, 2.05) is 6.92 Å². The second kappa shape index (κ2) is 3.01. The number of hydrogen-bond donors (Lipinski definition) is 0. The predicted octanol–water partition coefficient (Wildman–Crippen LogP) is 0.727. The van der Waals surface area contributed by atoms with Crippen LogP contribution in [0.15, 0.2) is 0 Å². The van der Waals surface area contributed by atoms with Gasteiger partial charge in [-0.2, -0.15) is 0 Å². The Bertz CT molecular complexity index is 133. The Balaban J connectivity index is 2.19. The second-order valence-corrected chi connectivity index (χ2v) is 2.26. The molecule has 0 N–H and O–H groups in total. The van der Waals surface area contributed by atoms with E-state index in [1.165, 1.54) is 0 Å². The van der Waals surface area contributed by atoms with Crippen LogP contribution < -0.4 is 0 Å². The lowest BCUT2D eigenvalue weighted by Crippen LogP contribution is -2.13. The van der Waals surface area contributed by atoms with Crippen molar-refractivity contribution in [3.05, 3.63) is 0 Å². The van der Waals surface area contributed by atoms with E-state index in [4.69, 9.17) is 9.47 Å². The van der Waals surface area contributed by atoms with Crippen LogP contribution in [0.4, 0.5) is 0 Å². The Hall–Kier alpha value is -0.570. The summed E-state index contributed by atoms with van der Waals surface area (Å²) in [6.07, 6.45) is 0.757. The van der Waals surface area contributed by atoms with Gasteiger partial charge in [-0.3, -0.25) is 0 Å². The smallest absolute Gasteiger partial charge is 0.337 e. The summed E-state index contributed by atoms with van der Waals surface area (Å²) in [5.74, 6) is -0.214. The number of esters is 1. The molecule has 2 atom stereocenters.